The van der Waals surface area contributed by atoms with Gasteiger partial charge in [-0.2, -0.15) is 0 Å². The first-order valence-electron chi connectivity index (χ1n) is 13.4. The molecule has 0 aliphatic heterocycles. The number of nitrogen functional groups attached to an aromatic ring is 1. The molecule has 2 unspecified atom stereocenters. The molecule has 0 saturated heterocycles. The topological polar surface area (TPSA) is 26.0 Å². The first kappa shape index (κ1) is 19.6. The highest BCUT2D eigenvalue weighted by Gasteiger charge is 2.47. The van der Waals surface area contributed by atoms with Crippen molar-refractivity contribution in [3.63, 3.8) is 0 Å². The average Bonchev–Trinajstić information content (AvgIpc) is 2.84. The van der Waals surface area contributed by atoms with Crippen molar-refractivity contribution in [3.8, 4) is 0 Å². The molecule has 5 aliphatic rings. The smallest absolute Gasteiger partial charge is 0.0326 e. The van der Waals surface area contributed by atoms with Crippen LogP contribution in [0, 0.1) is 19.8 Å². The third kappa shape index (κ3) is 1.94. The van der Waals surface area contributed by atoms with Crippen molar-refractivity contribution in [2.24, 2.45) is 5.92 Å². The van der Waals surface area contributed by atoms with E-state index < -0.39 is 0 Å². The van der Waals surface area contributed by atoms with Gasteiger partial charge in [-0.05, 0) is 153 Å². The summed E-state index contributed by atoms with van der Waals surface area (Å²) < 4.78 is 0. The summed E-state index contributed by atoms with van der Waals surface area (Å²) in [7, 11) is 0. The van der Waals surface area contributed by atoms with Gasteiger partial charge in [0, 0.05) is 17.5 Å². The first-order valence-corrected chi connectivity index (χ1v) is 13.4. The molecule has 1 fully saturated rings. The summed E-state index contributed by atoms with van der Waals surface area (Å²) in [5.41, 5.74) is 25.7. The quantitative estimate of drug-likeness (QED) is 0.160. The Labute approximate surface area is 211 Å². The molecular formula is C35H29N. The van der Waals surface area contributed by atoms with Gasteiger partial charge in [-0.15, -0.1) is 0 Å². The predicted octanol–water partition coefficient (Wildman–Crippen LogP) is 7.88. The van der Waals surface area contributed by atoms with E-state index in [0.29, 0.717) is 11.8 Å². The van der Waals surface area contributed by atoms with Crippen molar-refractivity contribution in [1.29, 1.82) is 0 Å². The van der Waals surface area contributed by atoms with E-state index in [1.807, 2.05) is 0 Å². The fourth-order valence-electron chi connectivity index (χ4n) is 8.90. The standard InChI is InChI=1S/C35H29N/c1-14-6-19-11-22-15(2)9-26-18(5)27-13-21(36)10-20-12-23-16(3)8-25-17(4)24(7-14)28(19)34-30(22)33(26)35(29(20)27)31(23)32(25)34/h6-8,10,12-13,28,34H,9,11,36H2,1-5H3. The number of nitrogens with two attached hydrogens (primary N) is 1. The van der Waals surface area contributed by atoms with E-state index in [2.05, 4.69) is 71.0 Å². The minimum absolute atomic E-state index is 0.425. The molecule has 2 N–H and O–H groups in total. The molecule has 2 atom stereocenters. The number of rotatable bonds is 0. The Bertz CT molecular complexity index is 2040. The van der Waals surface area contributed by atoms with Crippen molar-refractivity contribution >= 4 is 49.2 Å². The van der Waals surface area contributed by atoms with Gasteiger partial charge in [0.05, 0.1) is 0 Å². The van der Waals surface area contributed by atoms with Crippen LogP contribution in [0.15, 0.2) is 64.3 Å². The van der Waals surface area contributed by atoms with Crippen LogP contribution in [-0.2, 0) is 6.42 Å². The van der Waals surface area contributed by atoms with Crippen molar-refractivity contribution in [2.45, 2.75) is 53.4 Å². The summed E-state index contributed by atoms with van der Waals surface area (Å²) in [5.74, 6) is 0.900. The predicted molar refractivity (Wildman–Crippen MR) is 153 cm³/mol. The average molecular weight is 464 g/mol. The maximum absolute atomic E-state index is 6.50. The summed E-state index contributed by atoms with van der Waals surface area (Å²) in [6.45, 7) is 11.7. The molecule has 0 heterocycles. The second-order valence-electron chi connectivity index (χ2n) is 12.1. The zero-order valence-corrected chi connectivity index (χ0v) is 21.6. The van der Waals surface area contributed by atoms with Gasteiger partial charge >= 0.3 is 0 Å². The van der Waals surface area contributed by atoms with Crippen LogP contribution >= 0.6 is 0 Å². The lowest BCUT2D eigenvalue weighted by Crippen LogP contribution is -2.38. The van der Waals surface area contributed by atoms with Crippen LogP contribution in [0.25, 0.3) is 43.5 Å². The van der Waals surface area contributed by atoms with Crippen molar-refractivity contribution < 1.29 is 0 Å². The number of hydrogen-bond donors (Lipinski definition) is 1. The molecule has 5 aliphatic carbocycles. The normalized spacial score (nSPS) is 23.1. The Morgan fingerprint density at radius 2 is 1.64 bits per heavy atom. The van der Waals surface area contributed by atoms with E-state index in [9.17, 15) is 0 Å². The Hall–Kier alpha value is -3.58. The van der Waals surface area contributed by atoms with Gasteiger partial charge in [0.1, 0.15) is 0 Å². The summed E-state index contributed by atoms with van der Waals surface area (Å²) >= 11 is 0. The lowest BCUT2D eigenvalue weighted by atomic mass is 9.54. The van der Waals surface area contributed by atoms with Gasteiger partial charge in [0.25, 0.3) is 0 Å². The van der Waals surface area contributed by atoms with Crippen molar-refractivity contribution in [3.05, 3.63) is 97.3 Å². The summed E-state index contributed by atoms with van der Waals surface area (Å²) in [4.78, 5) is 0. The van der Waals surface area contributed by atoms with Crippen LogP contribution < -0.4 is 11.0 Å². The monoisotopic (exact) mass is 463 g/mol. The summed E-state index contributed by atoms with van der Waals surface area (Å²) in [5, 5.41) is 10.1. The van der Waals surface area contributed by atoms with Gasteiger partial charge in [0.2, 0.25) is 0 Å². The van der Waals surface area contributed by atoms with Gasteiger partial charge in [-0.25, -0.2) is 0 Å². The number of aryl methyl sites for hydroxylation is 2. The third-order valence-corrected chi connectivity index (χ3v) is 10.3. The maximum Gasteiger partial charge on any atom is 0.0326 e. The van der Waals surface area contributed by atoms with Gasteiger partial charge in [0.15, 0.2) is 0 Å². The van der Waals surface area contributed by atoms with E-state index >= 15 is 0 Å². The molecule has 36 heavy (non-hydrogen) atoms. The fraction of sp³-hybridized carbons (Fsp3) is 0.257. The maximum atomic E-state index is 6.50. The van der Waals surface area contributed by atoms with Crippen molar-refractivity contribution in [1.82, 2.24) is 0 Å². The molecule has 4 aromatic carbocycles. The SMILES string of the molecule is CC1=CC2=C(C)c3cc(C)c4cc5cc(N)cc6c(C)c7c8c(c4c3C3C=8C(=C(C)C7)CC(=C1)C23)c56. The number of benzene rings is 4. The number of hydrogen-bond acceptors (Lipinski definition) is 1. The molecule has 1 saturated carbocycles. The second kappa shape index (κ2) is 5.86. The molecule has 0 aromatic heterocycles. The molecule has 9 rings (SSSR count). The Morgan fingerprint density at radius 1 is 0.806 bits per heavy atom. The minimum atomic E-state index is 0.425. The van der Waals surface area contributed by atoms with Crippen molar-refractivity contribution in [2.75, 3.05) is 5.73 Å². The van der Waals surface area contributed by atoms with Gasteiger partial charge in [-0.3, -0.25) is 0 Å². The zero-order chi connectivity index (χ0) is 24.4. The largest absolute Gasteiger partial charge is 0.399 e. The number of allylic oxidation sites excluding steroid dienone is 8. The Kier molecular flexibility index (Phi) is 3.19. The third-order valence-electron chi connectivity index (χ3n) is 10.3. The zero-order valence-electron chi connectivity index (χ0n) is 21.6. The van der Waals surface area contributed by atoms with E-state index in [0.717, 1.165) is 18.5 Å². The Morgan fingerprint density at radius 3 is 2.47 bits per heavy atom. The first-order chi connectivity index (χ1) is 17.3. The molecule has 0 spiro atoms. The highest BCUT2D eigenvalue weighted by atomic mass is 14.5. The van der Waals surface area contributed by atoms with Gasteiger partial charge < -0.3 is 5.73 Å². The van der Waals surface area contributed by atoms with Gasteiger partial charge in [-0.1, -0.05) is 34.9 Å². The molecule has 0 bridgehead atoms. The summed E-state index contributed by atoms with van der Waals surface area (Å²) in [6, 6.07) is 9.37. The molecular weight excluding hydrogens is 434 g/mol. The van der Waals surface area contributed by atoms with Crippen LogP contribution in [0.5, 0.6) is 0 Å². The summed E-state index contributed by atoms with van der Waals surface area (Å²) in [6.07, 6.45) is 7.15. The van der Waals surface area contributed by atoms with E-state index in [1.54, 1.807) is 44.2 Å². The lowest BCUT2D eigenvalue weighted by molar-refractivity contribution is 0.596. The Balaban J connectivity index is 1.67. The van der Waals surface area contributed by atoms with E-state index in [1.165, 1.54) is 60.2 Å². The fourth-order valence-corrected chi connectivity index (χ4v) is 8.90. The highest BCUT2D eigenvalue weighted by molar-refractivity contribution is 6.27. The molecule has 1 nitrogen and oxygen atoms in total. The van der Waals surface area contributed by atoms with Crippen LogP contribution in [0.3, 0.4) is 0 Å². The van der Waals surface area contributed by atoms with Crippen LogP contribution in [0.4, 0.5) is 5.69 Å². The van der Waals surface area contributed by atoms with Crippen LogP contribution in [-0.4, -0.2) is 0 Å². The molecule has 0 amide bonds. The van der Waals surface area contributed by atoms with E-state index in [4.69, 9.17) is 5.73 Å². The minimum Gasteiger partial charge on any atom is -0.399 e. The van der Waals surface area contributed by atoms with Crippen LogP contribution in [0.2, 0.25) is 0 Å². The second-order valence-corrected chi connectivity index (χ2v) is 12.1. The van der Waals surface area contributed by atoms with E-state index in [-0.39, 0.29) is 0 Å². The number of anilines is 1. The molecule has 0 radical (unpaired) electrons. The molecule has 4 aromatic rings. The lowest BCUT2D eigenvalue weighted by Gasteiger charge is -2.48. The molecule has 174 valence electrons. The van der Waals surface area contributed by atoms with Crippen LogP contribution in [0.1, 0.15) is 60.9 Å². The molecule has 1 heteroatoms. The highest BCUT2D eigenvalue weighted by Crippen LogP contribution is 2.62.